The number of fused-ring (bicyclic) bond motifs is 2. The zero-order chi connectivity index (χ0) is 12.6. The van der Waals surface area contributed by atoms with Crippen LogP contribution in [0.15, 0.2) is 9.06 Å². The molecule has 2 bridgehead atoms. The van der Waals surface area contributed by atoms with Crippen LogP contribution in [-0.4, -0.2) is 25.1 Å². The van der Waals surface area contributed by atoms with E-state index in [-0.39, 0.29) is 0 Å². The van der Waals surface area contributed by atoms with E-state index in [1.807, 2.05) is 9.06 Å². The van der Waals surface area contributed by atoms with Gasteiger partial charge in [-0.15, -0.1) is 0 Å². The van der Waals surface area contributed by atoms with Gasteiger partial charge in [0, 0.05) is 0 Å². The first-order valence-electron chi connectivity index (χ1n) is 7.59. The Hall–Kier alpha value is 0.604. The molecule has 0 aliphatic carbocycles. The van der Waals surface area contributed by atoms with Gasteiger partial charge in [0.05, 0.1) is 0 Å². The molecule has 2 aliphatic rings. The molecule has 2 heterocycles. The number of hydrogen-bond donors (Lipinski definition) is 0. The molecule has 0 N–H and O–H groups in total. The number of hydrogen-bond acceptors (Lipinski definition) is 0. The van der Waals surface area contributed by atoms with E-state index in [2.05, 4.69) is 28.7 Å². The van der Waals surface area contributed by atoms with E-state index >= 15 is 0 Å². The molecule has 2 saturated heterocycles. The van der Waals surface area contributed by atoms with Crippen molar-refractivity contribution in [1.29, 1.82) is 0 Å². The van der Waals surface area contributed by atoms with E-state index in [0.29, 0.717) is 0 Å². The average molecular weight is 339 g/mol. The Bertz CT molecular complexity index is 291. The van der Waals surface area contributed by atoms with Crippen molar-refractivity contribution < 1.29 is 0 Å². The van der Waals surface area contributed by atoms with Gasteiger partial charge < -0.3 is 0 Å². The van der Waals surface area contributed by atoms with Crippen LogP contribution in [0.3, 0.4) is 0 Å². The molecule has 96 valence electrons. The Morgan fingerprint density at radius 3 is 1.65 bits per heavy atom. The van der Waals surface area contributed by atoms with Gasteiger partial charge in [-0.2, -0.15) is 0 Å². The summed E-state index contributed by atoms with van der Waals surface area (Å²) in [7, 11) is 0. The molecule has 2 rings (SSSR count). The topological polar surface area (TPSA) is 0 Å². The maximum absolute atomic E-state index is 2.58. The van der Waals surface area contributed by atoms with Crippen molar-refractivity contribution in [3.8, 4) is 0 Å². The molecule has 0 aromatic heterocycles. The summed E-state index contributed by atoms with van der Waals surface area (Å²) in [5.41, 5.74) is 1.84. The molecule has 17 heavy (non-hydrogen) atoms. The molecule has 2 heteroatoms. The van der Waals surface area contributed by atoms with Gasteiger partial charge >= 0.3 is 113 Å². The van der Waals surface area contributed by atoms with Crippen molar-refractivity contribution in [2.45, 2.75) is 78.8 Å². The third-order valence-corrected chi connectivity index (χ3v) is 13.1. The standard InChI is InChI=1S/C12H20B.3CH3.Sn/c1-3-10(2)13-11-6-4-7-12(13)9-5-8-11;;;;/h11-12H,4-9H2,1-2H3;3*1H3;. The summed E-state index contributed by atoms with van der Waals surface area (Å²) < 4.78 is 1.86. The Morgan fingerprint density at radius 1 is 0.882 bits per heavy atom. The van der Waals surface area contributed by atoms with Crippen LogP contribution in [0.2, 0.25) is 26.5 Å². The summed E-state index contributed by atoms with van der Waals surface area (Å²) in [6, 6.07) is 0. The fourth-order valence-corrected chi connectivity index (χ4v) is 8.08. The first-order chi connectivity index (χ1) is 7.91. The monoisotopic (exact) mass is 340 g/mol. The van der Waals surface area contributed by atoms with Crippen LogP contribution in [0.25, 0.3) is 0 Å². The van der Waals surface area contributed by atoms with Crippen LogP contribution in [0.4, 0.5) is 0 Å². The molecule has 2 aliphatic heterocycles. The summed E-state index contributed by atoms with van der Waals surface area (Å²) in [6.45, 7) is 5.93. The van der Waals surface area contributed by atoms with Gasteiger partial charge in [0.25, 0.3) is 0 Å². The van der Waals surface area contributed by atoms with E-state index in [0.717, 1.165) is 18.3 Å². The Morgan fingerprint density at radius 2 is 1.29 bits per heavy atom. The molecular formula is C15H29BSn. The molecule has 0 atom stereocenters. The fraction of sp³-hybridized carbons (Fsp3) is 0.867. The molecule has 0 aromatic carbocycles. The van der Waals surface area contributed by atoms with E-state index in [4.69, 9.17) is 0 Å². The van der Waals surface area contributed by atoms with Crippen molar-refractivity contribution in [2.75, 3.05) is 0 Å². The van der Waals surface area contributed by atoms with Gasteiger partial charge in [0.15, 0.2) is 0 Å². The Labute approximate surface area is 113 Å². The Kier molecular flexibility index (Phi) is 4.38. The summed E-state index contributed by atoms with van der Waals surface area (Å²) in [5, 5.41) is 0. The summed E-state index contributed by atoms with van der Waals surface area (Å²) in [5.74, 6) is 2.09. The number of rotatable bonds is 2. The molecule has 0 aromatic rings. The second kappa shape index (κ2) is 5.31. The molecule has 0 radical (unpaired) electrons. The molecule has 0 amide bonds. The average Bonchev–Trinajstić information content (AvgIpc) is 2.24. The van der Waals surface area contributed by atoms with E-state index in [9.17, 15) is 0 Å². The third-order valence-electron chi connectivity index (χ3n) is 5.53. The van der Waals surface area contributed by atoms with Gasteiger partial charge in [-0.3, -0.25) is 0 Å². The van der Waals surface area contributed by atoms with E-state index < -0.39 is 18.4 Å². The van der Waals surface area contributed by atoms with Crippen LogP contribution in [0.1, 0.15) is 52.4 Å². The SMILES string of the molecule is C/C(B1C2CCCC1CCC2)=[C](\C)[Sn]([CH3])([CH3])[CH3]. The molecular weight excluding hydrogens is 310 g/mol. The second-order valence-corrected chi connectivity index (χ2v) is 22.4. The molecule has 0 saturated carbocycles. The van der Waals surface area contributed by atoms with Crippen molar-refractivity contribution in [2.24, 2.45) is 0 Å². The van der Waals surface area contributed by atoms with Crippen molar-refractivity contribution in [1.82, 2.24) is 0 Å². The molecule has 2 fully saturated rings. The van der Waals surface area contributed by atoms with E-state index in [1.165, 1.54) is 38.5 Å². The molecule has 0 spiro atoms. The van der Waals surface area contributed by atoms with Crippen molar-refractivity contribution >= 4 is 25.1 Å². The predicted molar refractivity (Wildman–Crippen MR) is 82.7 cm³/mol. The maximum atomic E-state index is 2.58. The first kappa shape index (κ1) is 14.0. The van der Waals surface area contributed by atoms with Gasteiger partial charge in [0.2, 0.25) is 0 Å². The zero-order valence-corrected chi connectivity index (χ0v) is 15.3. The van der Waals surface area contributed by atoms with Gasteiger partial charge in [-0.1, -0.05) is 0 Å². The van der Waals surface area contributed by atoms with Crippen LogP contribution in [-0.2, 0) is 0 Å². The van der Waals surface area contributed by atoms with Crippen molar-refractivity contribution in [3.05, 3.63) is 9.06 Å². The van der Waals surface area contributed by atoms with Gasteiger partial charge in [-0.05, 0) is 0 Å². The van der Waals surface area contributed by atoms with Crippen LogP contribution < -0.4 is 0 Å². The second-order valence-electron chi connectivity index (χ2n) is 7.47. The first-order valence-corrected chi connectivity index (χ1v) is 17.6. The fourth-order valence-electron chi connectivity index (χ4n) is 4.22. The summed E-state index contributed by atoms with van der Waals surface area (Å²) in [6.07, 6.45) is 9.10. The summed E-state index contributed by atoms with van der Waals surface area (Å²) in [4.78, 5) is 7.73. The van der Waals surface area contributed by atoms with E-state index in [1.54, 1.807) is 0 Å². The minimum absolute atomic E-state index is 0.980. The number of allylic oxidation sites excluding steroid dienone is 2. The zero-order valence-electron chi connectivity index (χ0n) is 12.5. The minimum atomic E-state index is -1.81. The van der Waals surface area contributed by atoms with Gasteiger partial charge in [0.1, 0.15) is 0 Å². The normalized spacial score (nSPS) is 31.2. The molecule has 0 nitrogen and oxygen atoms in total. The predicted octanol–water partition coefficient (Wildman–Crippen LogP) is 5.34. The van der Waals surface area contributed by atoms with Gasteiger partial charge in [-0.25, -0.2) is 0 Å². The Balaban J connectivity index is 2.26. The molecule has 0 unspecified atom stereocenters. The van der Waals surface area contributed by atoms with Crippen LogP contribution in [0, 0.1) is 0 Å². The quantitative estimate of drug-likeness (QED) is 0.596. The summed E-state index contributed by atoms with van der Waals surface area (Å²) >= 11 is -1.81. The van der Waals surface area contributed by atoms with Crippen molar-refractivity contribution in [3.63, 3.8) is 0 Å². The van der Waals surface area contributed by atoms with Crippen LogP contribution in [0.5, 0.6) is 0 Å². The van der Waals surface area contributed by atoms with Crippen LogP contribution >= 0.6 is 0 Å². The third kappa shape index (κ3) is 2.96.